The Morgan fingerprint density at radius 2 is 1.10 bits per heavy atom. The molecule has 0 spiro atoms. The first-order valence-electron chi connectivity index (χ1n) is 14.9. The fraction of sp³-hybridized carbons (Fsp3) is 0.231. The molecule has 1 N–H and O–H groups in total. The number of fused-ring (bicyclic) bond motifs is 6. The minimum absolute atomic E-state index is 0.411. The van der Waals surface area contributed by atoms with Crippen molar-refractivity contribution in [3.05, 3.63) is 148 Å². The Bertz CT molecular complexity index is 1690. The van der Waals surface area contributed by atoms with Crippen molar-refractivity contribution in [2.45, 2.75) is 57.3 Å². The highest BCUT2D eigenvalue weighted by Crippen LogP contribution is 2.46. The summed E-state index contributed by atoms with van der Waals surface area (Å²) >= 11 is 0. The second-order valence-electron chi connectivity index (χ2n) is 11.6. The molecule has 0 heterocycles. The third kappa shape index (κ3) is 4.34. The van der Waals surface area contributed by atoms with Gasteiger partial charge in [-0.1, -0.05) is 110 Å². The first-order chi connectivity index (χ1) is 19.7. The highest BCUT2D eigenvalue weighted by Gasteiger charge is 2.29. The van der Waals surface area contributed by atoms with Crippen LogP contribution in [-0.2, 0) is 19.3 Å². The molecule has 198 valence electrons. The summed E-state index contributed by atoms with van der Waals surface area (Å²) in [5, 5.41) is 10.6. The number of hydrogen-bond donors (Lipinski definition) is 1. The maximum atomic E-state index is 10.6. The smallest absolute Gasteiger partial charge is 0.118 e. The van der Waals surface area contributed by atoms with E-state index in [2.05, 4.69) is 97.9 Å². The van der Waals surface area contributed by atoms with Gasteiger partial charge in [0.15, 0.2) is 0 Å². The van der Waals surface area contributed by atoms with Crippen LogP contribution in [0.1, 0.15) is 77.0 Å². The number of aromatic hydroxyl groups is 1. The van der Waals surface area contributed by atoms with Gasteiger partial charge in [0.2, 0.25) is 0 Å². The van der Waals surface area contributed by atoms with Crippen LogP contribution in [0.15, 0.2) is 109 Å². The van der Waals surface area contributed by atoms with E-state index in [1.807, 2.05) is 18.2 Å². The van der Waals surface area contributed by atoms with Crippen molar-refractivity contribution >= 4 is 0 Å². The fourth-order valence-corrected chi connectivity index (χ4v) is 7.44. The molecule has 2 aliphatic rings. The lowest BCUT2D eigenvalue weighted by atomic mass is 9.77. The molecule has 40 heavy (non-hydrogen) atoms. The van der Waals surface area contributed by atoms with Crippen molar-refractivity contribution in [2.75, 3.05) is 0 Å². The molecule has 0 saturated carbocycles. The Morgan fingerprint density at radius 1 is 0.575 bits per heavy atom. The van der Waals surface area contributed by atoms with Crippen LogP contribution in [0, 0.1) is 0 Å². The van der Waals surface area contributed by atoms with Gasteiger partial charge < -0.3 is 5.11 Å². The van der Waals surface area contributed by atoms with E-state index in [0.29, 0.717) is 17.6 Å². The molecular weight excluding hydrogens is 484 g/mol. The first kappa shape index (κ1) is 24.9. The Kier molecular flexibility index (Phi) is 6.52. The molecule has 0 bridgehead atoms. The average Bonchev–Trinajstić information content (AvgIpc) is 3.57. The molecule has 0 radical (unpaired) electrons. The van der Waals surface area contributed by atoms with E-state index >= 15 is 0 Å². The second-order valence-corrected chi connectivity index (χ2v) is 11.6. The van der Waals surface area contributed by atoms with Crippen LogP contribution in [0.25, 0.3) is 22.3 Å². The Hall–Kier alpha value is -4.10. The maximum absolute atomic E-state index is 10.6. The number of rotatable bonds is 8. The number of phenolic OH excluding ortho intramolecular Hbond substituents is 1. The predicted octanol–water partition coefficient (Wildman–Crippen LogP) is 9.83. The molecule has 0 aliphatic heterocycles. The van der Waals surface area contributed by atoms with Crippen LogP contribution in [0.4, 0.5) is 0 Å². The van der Waals surface area contributed by atoms with Gasteiger partial charge in [-0.05, 0) is 118 Å². The quantitative estimate of drug-likeness (QED) is 0.211. The zero-order valence-electron chi connectivity index (χ0n) is 23.2. The lowest BCUT2D eigenvalue weighted by molar-refractivity contribution is 0.458. The topological polar surface area (TPSA) is 20.2 Å². The largest absolute Gasteiger partial charge is 0.508 e. The number of benzene rings is 5. The van der Waals surface area contributed by atoms with Gasteiger partial charge in [-0.25, -0.2) is 0 Å². The Labute approximate surface area is 238 Å². The van der Waals surface area contributed by atoms with Gasteiger partial charge in [0, 0.05) is 0 Å². The van der Waals surface area contributed by atoms with Crippen molar-refractivity contribution in [3.63, 3.8) is 0 Å². The fourth-order valence-electron chi connectivity index (χ4n) is 7.44. The summed E-state index contributed by atoms with van der Waals surface area (Å²) in [7, 11) is 0. The van der Waals surface area contributed by atoms with Gasteiger partial charge in [-0.3, -0.25) is 0 Å². The molecule has 5 aromatic carbocycles. The van der Waals surface area contributed by atoms with Gasteiger partial charge in [0.05, 0.1) is 0 Å². The molecule has 5 aromatic rings. The average molecular weight is 521 g/mol. The standard InChI is InChI=1S/C39H36O/c1-2-26(31-16-9-18-35-32-14-6-3-12-28(32)24-37(31)35)23-30(22-21-27-11-5-8-20-39(27)40)34-17-10-19-36-33-15-7-4-13-29(33)25-38(34)36/h3-20,26,30,40H,2,21-25H2,1H3. The first-order valence-corrected chi connectivity index (χ1v) is 14.9. The summed E-state index contributed by atoms with van der Waals surface area (Å²) in [6.07, 6.45) is 6.19. The highest BCUT2D eigenvalue weighted by atomic mass is 16.3. The van der Waals surface area contributed by atoms with E-state index < -0.39 is 0 Å². The molecule has 0 aromatic heterocycles. The number of phenols is 1. The van der Waals surface area contributed by atoms with Crippen LogP contribution in [0.3, 0.4) is 0 Å². The molecule has 2 unspecified atom stereocenters. The SMILES string of the molecule is CCC(CC(CCc1ccccc1O)c1cccc2c1Cc1ccccc1-2)c1cccc2c1Cc1ccccc1-2. The summed E-state index contributed by atoms with van der Waals surface area (Å²) in [5.41, 5.74) is 15.6. The summed E-state index contributed by atoms with van der Waals surface area (Å²) in [6.45, 7) is 2.36. The lowest BCUT2D eigenvalue weighted by Gasteiger charge is -2.27. The Balaban J connectivity index is 1.26. The molecular formula is C39H36O. The molecule has 1 heteroatoms. The molecule has 2 atom stereocenters. The van der Waals surface area contributed by atoms with E-state index in [-0.39, 0.29) is 0 Å². The predicted molar refractivity (Wildman–Crippen MR) is 166 cm³/mol. The number of aryl methyl sites for hydroxylation is 1. The number of para-hydroxylation sites is 1. The molecule has 1 nitrogen and oxygen atoms in total. The minimum Gasteiger partial charge on any atom is -0.508 e. The minimum atomic E-state index is 0.411. The zero-order valence-corrected chi connectivity index (χ0v) is 23.2. The summed E-state index contributed by atoms with van der Waals surface area (Å²) in [5.74, 6) is 1.31. The molecule has 7 rings (SSSR count). The maximum Gasteiger partial charge on any atom is 0.118 e. The summed E-state index contributed by atoms with van der Waals surface area (Å²) in [4.78, 5) is 0. The summed E-state index contributed by atoms with van der Waals surface area (Å²) in [6, 6.07) is 39.6. The van der Waals surface area contributed by atoms with Crippen LogP contribution in [-0.4, -0.2) is 5.11 Å². The van der Waals surface area contributed by atoms with E-state index in [1.54, 1.807) is 0 Å². The van der Waals surface area contributed by atoms with Crippen LogP contribution in [0.2, 0.25) is 0 Å². The molecule has 0 amide bonds. The van der Waals surface area contributed by atoms with Crippen molar-refractivity contribution in [2.24, 2.45) is 0 Å². The van der Waals surface area contributed by atoms with Gasteiger partial charge in [-0.15, -0.1) is 0 Å². The molecule has 2 aliphatic carbocycles. The van der Waals surface area contributed by atoms with Crippen LogP contribution < -0.4 is 0 Å². The van der Waals surface area contributed by atoms with Gasteiger partial charge in [0.1, 0.15) is 5.75 Å². The van der Waals surface area contributed by atoms with Crippen molar-refractivity contribution in [1.29, 1.82) is 0 Å². The van der Waals surface area contributed by atoms with E-state index in [9.17, 15) is 5.11 Å². The third-order valence-electron chi connectivity index (χ3n) is 9.47. The van der Waals surface area contributed by atoms with E-state index in [0.717, 1.165) is 44.1 Å². The van der Waals surface area contributed by atoms with Crippen molar-refractivity contribution < 1.29 is 5.11 Å². The highest BCUT2D eigenvalue weighted by molar-refractivity contribution is 5.79. The number of hydrogen-bond acceptors (Lipinski definition) is 1. The van der Waals surface area contributed by atoms with Gasteiger partial charge in [0.25, 0.3) is 0 Å². The van der Waals surface area contributed by atoms with E-state index in [1.165, 1.54) is 55.6 Å². The Morgan fingerprint density at radius 3 is 1.70 bits per heavy atom. The zero-order chi connectivity index (χ0) is 27.1. The van der Waals surface area contributed by atoms with Crippen LogP contribution >= 0.6 is 0 Å². The van der Waals surface area contributed by atoms with Crippen LogP contribution in [0.5, 0.6) is 5.75 Å². The van der Waals surface area contributed by atoms with E-state index in [4.69, 9.17) is 0 Å². The normalized spacial score (nSPS) is 14.2. The molecule has 0 saturated heterocycles. The van der Waals surface area contributed by atoms with Crippen molar-refractivity contribution in [3.8, 4) is 28.0 Å². The van der Waals surface area contributed by atoms with Gasteiger partial charge in [-0.2, -0.15) is 0 Å². The third-order valence-corrected chi connectivity index (χ3v) is 9.47. The summed E-state index contributed by atoms with van der Waals surface area (Å²) < 4.78 is 0. The lowest BCUT2D eigenvalue weighted by Crippen LogP contribution is -2.11. The van der Waals surface area contributed by atoms with Crippen molar-refractivity contribution in [1.82, 2.24) is 0 Å². The second kappa shape index (κ2) is 10.5. The van der Waals surface area contributed by atoms with Gasteiger partial charge >= 0.3 is 0 Å². The monoisotopic (exact) mass is 520 g/mol. The molecule has 0 fully saturated rings.